The maximum atomic E-state index is 14.4. The maximum Gasteiger partial charge on any atom is 0.303 e. The van der Waals surface area contributed by atoms with Crippen molar-refractivity contribution in [1.29, 1.82) is 0 Å². The zero-order chi connectivity index (χ0) is 26.4. The lowest BCUT2D eigenvalue weighted by Crippen LogP contribution is -2.56. The molecule has 0 aromatic heterocycles. The number of carbonyl (C=O) groups is 4. The van der Waals surface area contributed by atoms with Crippen LogP contribution in [0.1, 0.15) is 30.4 Å². The van der Waals surface area contributed by atoms with Crippen molar-refractivity contribution in [2.45, 2.75) is 44.3 Å². The Bertz CT molecular complexity index is 1180. The molecule has 1 aliphatic rings. The number of benzene rings is 2. The highest BCUT2D eigenvalue weighted by molar-refractivity contribution is 6.42. The minimum Gasteiger partial charge on any atom is -0.481 e. The summed E-state index contributed by atoms with van der Waals surface area (Å²) in [5.74, 6) is -3.89. The quantitative estimate of drug-likeness (QED) is 0.361. The average molecular weight is 539 g/mol. The number of nitrogens with one attached hydrogen (secondary N) is 2. The SMILES string of the molecule is NCC[C@H](NC(=O)[C@@H]1Cc2ccccc2CN1C(=O)CCC(=O)O)C(=O)Nc1ccc(Cl)c(Cl)c1F. The van der Waals surface area contributed by atoms with Gasteiger partial charge in [0, 0.05) is 19.4 Å². The summed E-state index contributed by atoms with van der Waals surface area (Å²) >= 11 is 11.6. The molecule has 12 heteroatoms. The molecule has 192 valence electrons. The fraction of sp³-hybridized carbons (Fsp3) is 0.333. The molecule has 1 aliphatic heterocycles. The molecule has 0 unspecified atom stereocenters. The average Bonchev–Trinajstić information content (AvgIpc) is 2.86. The van der Waals surface area contributed by atoms with Gasteiger partial charge in [-0.3, -0.25) is 19.2 Å². The van der Waals surface area contributed by atoms with Gasteiger partial charge in [-0.2, -0.15) is 0 Å². The second-order valence-electron chi connectivity index (χ2n) is 8.25. The van der Waals surface area contributed by atoms with Crippen LogP contribution in [-0.4, -0.2) is 52.3 Å². The van der Waals surface area contributed by atoms with Crippen LogP contribution in [0.25, 0.3) is 0 Å². The van der Waals surface area contributed by atoms with Crippen LogP contribution in [0.5, 0.6) is 0 Å². The van der Waals surface area contributed by atoms with Crippen LogP contribution in [0, 0.1) is 5.82 Å². The number of fused-ring (bicyclic) bond motifs is 1. The Labute approximate surface area is 216 Å². The zero-order valence-electron chi connectivity index (χ0n) is 19.1. The molecular formula is C24H25Cl2FN4O5. The van der Waals surface area contributed by atoms with Crippen molar-refractivity contribution in [2.75, 3.05) is 11.9 Å². The molecule has 0 fully saturated rings. The number of carbonyl (C=O) groups excluding carboxylic acids is 3. The first kappa shape index (κ1) is 27.4. The topological polar surface area (TPSA) is 142 Å². The summed E-state index contributed by atoms with van der Waals surface area (Å²) in [5.41, 5.74) is 7.11. The largest absolute Gasteiger partial charge is 0.481 e. The van der Waals surface area contributed by atoms with Gasteiger partial charge < -0.3 is 26.4 Å². The Balaban J connectivity index is 1.80. The first-order valence-corrected chi connectivity index (χ1v) is 11.9. The number of carboxylic acids is 1. The number of hydrogen-bond acceptors (Lipinski definition) is 5. The number of halogens is 3. The Hall–Kier alpha value is -3.21. The molecule has 0 saturated carbocycles. The lowest BCUT2D eigenvalue weighted by Gasteiger charge is -2.36. The van der Waals surface area contributed by atoms with Crippen molar-refractivity contribution < 1.29 is 28.7 Å². The van der Waals surface area contributed by atoms with Crippen molar-refractivity contribution >= 4 is 52.6 Å². The molecule has 0 bridgehead atoms. The molecule has 36 heavy (non-hydrogen) atoms. The molecule has 3 amide bonds. The molecule has 2 aromatic carbocycles. The number of anilines is 1. The zero-order valence-corrected chi connectivity index (χ0v) is 20.6. The van der Waals surface area contributed by atoms with Gasteiger partial charge in [-0.15, -0.1) is 0 Å². The van der Waals surface area contributed by atoms with Gasteiger partial charge >= 0.3 is 5.97 Å². The van der Waals surface area contributed by atoms with Gasteiger partial charge in [0.15, 0.2) is 5.82 Å². The third-order valence-corrected chi connectivity index (χ3v) is 6.59. The fourth-order valence-corrected chi connectivity index (χ4v) is 4.23. The van der Waals surface area contributed by atoms with E-state index in [1.165, 1.54) is 17.0 Å². The van der Waals surface area contributed by atoms with Crippen LogP contribution in [0.15, 0.2) is 36.4 Å². The summed E-state index contributed by atoms with van der Waals surface area (Å²) in [4.78, 5) is 51.3. The maximum absolute atomic E-state index is 14.4. The van der Waals surface area contributed by atoms with E-state index in [2.05, 4.69) is 10.6 Å². The number of nitrogens with zero attached hydrogens (tertiary/aromatic N) is 1. The van der Waals surface area contributed by atoms with Crippen molar-refractivity contribution in [3.05, 3.63) is 63.4 Å². The summed E-state index contributed by atoms with van der Waals surface area (Å²) < 4.78 is 14.4. The number of nitrogens with two attached hydrogens (primary N) is 1. The lowest BCUT2D eigenvalue weighted by atomic mass is 9.92. The second-order valence-corrected chi connectivity index (χ2v) is 9.04. The van der Waals surface area contributed by atoms with Gasteiger partial charge in [0.25, 0.3) is 0 Å². The van der Waals surface area contributed by atoms with Crippen molar-refractivity contribution in [3.63, 3.8) is 0 Å². The van der Waals surface area contributed by atoms with Crippen molar-refractivity contribution in [1.82, 2.24) is 10.2 Å². The minimum atomic E-state index is -1.13. The molecule has 9 nitrogen and oxygen atoms in total. The summed E-state index contributed by atoms with van der Waals surface area (Å²) in [7, 11) is 0. The van der Waals surface area contributed by atoms with E-state index in [1.807, 2.05) is 24.3 Å². The Kier molecular flexibility index (Phi) is 9.25. The Morgan fingerprint density at radius 1 is 1.11 bits per heavy atom. The fourth-order valence-electron chi connectivity index (χ4n) is 3.92. The van der Waals surface area contributed by atoms with Gasteiger partial charge in [-0.05, 0) is 36.2 Å². The lowest BCUT2D eigenvalue weighted by molar-refractivity contribution is -0.145. The molecule has 0 spiro atoms. The van der Waals surface area contributed by atoms with Gasteiger partial charge in [-0.25, -0.2) is 4.39 Å². The molecule has 3 rings (SSSR count). The van der Waals surface area contributed by atoms with Gasteiger partial charge in [-0.1, -0.05) is 47.5 Å². The first-order valence-electron chi connectivity index (χ1n) is 11.1. The molecular weight excluding hydrogens is 514 g/mol. The van der Waals surface area contributed by atoms with Crippen LogP contribution in [0.3, 0.4) is 0 Å². The van der Waals surface area contributed by atoms with Crippen molar-refractivity contribution in [2.24, 2.45) is 5.73 Å². The highest BCUT2D eigenvalue weighted by Gasteiger charge is 2.36. The van der Waals surface area contributed by atoms with E-state index in [-0.39, 0.29) is 54.5 Å². The van der Waals surface area contributed by atoms with E-state index in [4.69, 9.17) is 34.0 Å². The van der Waals surface area contributed by atoms with Gasteiger partial charge in [0.2, 0.25) is 17.7 Å². The number of carboxylic acid groups (broad SMARTS) is 1. The van der Waals surface area contributed by atoms with E-state index in [0.29, 0.717) is 0 Å². The van der Waals surface area contributed by atoms with Crippen LogP contribution < -0.4 is 16.4 Å². The summed E-state index contributed by atoms with van der Waals surface area (Å²) in [6.45, 7) is 0.159. The molecule has 0 radical (unpaired) electrons. The van der Waals surface area contributed by atoms with E-state index in [1.54, 1.807) is 0 Å². The Morgan fingerprint density at radius 2 is 1.81 bits per heavy atom. The van der Waals surface area contributed by atoms with Crippen molar-refractivity contribution in [3.8, 4) is 0 Å². The molecule has 0 aliphatic carbocycles. The molecule has 2 aromatic rings. The van der Waals surface area contributed by atoms with Crippen LogP contribution in [0.2, 0.25) is 10.0 Å². The first-order chi connectivity index (χ1) is 17.1. The van der Waals surface area contributed by atoms with E-state index in [0.717, 1.165) is 11.1 Å². The summed E-state index contributed by atoms with van der Waals surface area (Å²) in [6, 6.07) is 7.74. The van der Waals surface area contributed by atoms with E-state index < -0.39 is 41.6 Å². The smallest absolute Gasteiger partial charge is 0.303 e. The standard InChI is InChI=1S/C24H25Cl2FN4O5/c25-15-5-6-16(22(27)21(15)26)29-23(35)17(9-10-28)30-24(36)18-11-13-3-1-2-4-14(13)12-31(18)19(32)7-8-20(33)34/h1-6,17-18H,7-12,28H2,(H,29,35)(H,30,36)(H,33,34)/t17-,18-/m0/s1. The third-order valence-electron chi connectivity index (χ3n) is 5.81. The predicted octanol–water partition coefficient (Wildman–Crippen LogP) is 2.72. The molecule has 2 atom stereocenters. The number of hydrogen-bond donors (Lipinski definition) is 4. The molecule has 5 N–H and O–H groups in total. The monoisotopic (exact) mass is 538 g/mol. The van der Waals surface area contributed by atoms with Crippen LogP contribution in [0.4, 0.5) is 10.1 Å². The van der Waals surface area contributed by atoms with Gasteiger partial charge in [0.05, 0.1) is 22.2 Å². The highest BCUT2D eigenvalue weighted by Crippen LogP contribution is 2.30. The third kappa shape index (κ3) is 6.51. The van der Waals surface area contributed by atoms with E-state index >= 15 is 0 Å². The highest BCUT2D eigenvalue weighted by atomic mass is 35.5. The molecule has 0 saturated heterocycles. The predicted molar refractivity (Wildman–Crippen MR) is 132 cm³/mol. The van der Waals surface area contributed by atoms with Gasteiger partial charge in [0.1, 0.15) is 12.1 Å². The number of aliphatic carboxylic acids is 1. The summed E-state index contributed by atoms with van der Waals surface area (Å²) in [5, 5.41) is 13.6. The molecule has 1 heterocycles. The second kappa shape index (κ2) is 12.2. The number of rotatable bonds is 9. The van der Waals surface area contributed by atoms with E-state index in [9.17, 15) is 23.6 Å². The Morgan fingerprint density at radius 3 is 2.47 bits per heavy atom. The number of amides is 3. The van der Waals surface area contributed by atoms with Crippen LogP contribution in [-0.2, 0) is 32.1 Å². The minimum absolute atomic E-state index is 0.0239. The summed E-state index contributed by atoms with van der Waals surface area (Å²) in [6.07, 6.45) is -0.431. The normalized spacial score (nSPS) is 15.6. The van der Waals surface area contributed by atoms with Crippen LogP contribution >= 0.6 is 23.2 Å².